The summed E-state index contributed by atoms with van der Waals surface area (Å²) in [7, 11) is 0. The lowest BCUT2D eigenvalue weighted by atomic mass is 9.96. The van der Waals surface area contributed by atoms with Crippen molar-refractivity contribution in [2.24, 2.45) is 0 Å². The molecule has 2 N–H and O–H groups in total. The van der Waals surface area contributed by atoms with Crippen molar-refractivity contribution in [2.45, 2.75) is 13.0 Å². The van der Waals surface area contributed by atoms with E-state index in [9.17, 15) is 9.59 Å². The molecule has 0 saturated carbocycles. The lowest BCUT2D eigenvalue weighted by molar-refractivity contribution is 0.774. The molecule has 0 amide bonds. The standard InChI is InChI=1S/C35H25ClN6O2/c1-21(41-34-30-28(43)16-19-38-33(30)39-20-40-34)32-31(36)27-9-5-8-26(29(27)35(44)42(32)25-6-3-2-4-7-25)24-12-10-22(11-13-24)23-14-17-37-18-15-23/h2-21H,1H3,(H2,38,39,40,41,43)/t21-/m0/s1. The molecule has 3 aromatic carbocycles. The summed E-state index contributed by atoms with van der Waals surface area (Å²) in [5.74, 6) is 0.343. The van der Waals surface area contributed by atoms with Gasteiger partial charge < -0.3 is 10.3 Å². The van der Waals surface area contributed by atoms with Gasteiger partial charge in [0.2, 0.25) is 0 Å². The van der Waals surface area contributed by atoms with Crippen molar-refractivity contribution in [3.63, 3.8) is 0 Å². The number of hydrogen-bond acceptors (Lipinski definition) is 6. The molecular formula is C35H25ClN6O2. The Bertz CT molecular complexity index is 2260. The third kappa shape index (κ3) is 4.71. The second-order valence-corrected chi connectivity index (χ2v) is 10.7. The molecule has 0 bridgehead atoms. The summed E-state index contributed by atoms with van der Waals surface area (Å²) in [5.41, 5.74) is 4.97. The number of aromatic amines is 1. The highest BCUT2D eigenvalue weighted by Gasteiger charge is 2.24. The molecule has 7 rings (SSSR count). The van der Waals surface area contributed by atoms with Gasteiger partial charge in [-0.25, -0.2) is 9.97 Å². The predicted molar refractivity (Wildman–Crippen MR) is 175 cm³/mol. The summed E-state index contributed by atoms with van der Waals surface area (Å²) in [6.07, 6.45) is 6.45. The van der Waals surface area contributed by atoms with Crippen molar-refractivity contribution in [2.75, 3.05) is 5.32 Å². The van der Waals surface area contributed by atoms with Crippen LogP contribution in [0.3, 0.4) is 0 Å². The molecule has 7 aromatic rings. The van der Waals surface area contributed by atoms with E-state index in [2.05, 4.69) is 25.3 Å². The fourth-order valence-corrected chi connectivity index (χ4v) is 6.06. The van der Waals surface area contributed by atoms with Crippen LogP contribution in [-0.4, -0.2) is 24.5 Å². The fourth-order valence-electron chi connectivity index (χ4n) is 5.66. The van der Waals surface area contributed by atoms with Gasteiger partial charge in [-0.2, -0.15) is 0 Å². The first kappa shape index (κ1) is 27.2. The Balaban J connectivity index is 1.42. The molecular weight excluding hydrogens is 572 g/mol. The predicted octanol–water partition coefficient (Wildman–Crippen LogP) is 7.18. The van der Waals surface area contributed by atoms with Crippen molar-refractivity contribution in [3.8, 4) is 27.9 Å². The highest BCUT2D eigenvalue weighted by atomic mass is 35.5. The number of pyridine rings is 3. The van der Waals surface area contributed by atoms with Crippen LogP contribution in [0.5, 0.6) is 0 Å². The number of nitrogens with zero attached hydrogens (tertiary/aromatic N) is 4. The zero-order valence-electron chi connectivity index (χ0n) is 23.5. The highest BCUT2D eigenvalue weighted by molar-refractivity contribution is 6.36. The zero-order valence-corrected chi connectivity index (χ0v) is 24.3. The highest BCUT2D eigenvalue weighted by Crippen LogP contribution is 2.37. The fraction of sp³-hybridized carbons (Fsp3) is 0.0571. The van der Waals surface area contributed by atoms with Gasteiger partial charge >= 0.3 is 0 Å². The van der Waals surface area contributed by atoms with E-state index in [0.29, 0.717) is 44.0 Å². The number of halogens is 1. The number of fused-ring (bicyclic) bond motifs is 2. The largest absolute Gasteiger partial charge is 0.361 e. The lowest BCUT2D eigenvalue weighted by Gasteiger charge is -2.24. The van der Waals surface area contributed by atoms with Crippen LogP contribution in [0.15, 0.2) is 126 Å². The van der Waals surface area contributed by atoms with Crippen LogP contribution < -0.4 is 16.3 Å². The summed E-state index contributed by atoms with van der Waals surface area (Å²) in [6, 6.07) is 28.0. The van der Waals surface area contributed by atoms with Crippen molar-refractivity contribution in [1.82, 2.24) is 24.5 Å². The Morgan fingerprint density at radius 2 is 1.52 bits per heavy atom. The maximum atomic E-state index is 14.6. The van der Waals surface area contributed by atoms with Crippen LogP contribution in [0.25, 0.3) is 49.7 Å². The molecule has 1 atom stereocenters. The van der Waals surface area contributed by atoms with Crippen LogP contribution in [-0.2, 0) is 0 Å². The van der Waals surface area contributed by atoms with E-state index in [1.165, 1.54) is 12.4 Å². The van der Waals surface area contributed by atoms with E-state index in [4.69, 9.17) is 11.6 Å². The second kappa shape index (κ2) is 11.2. The topological polar surface area (TPSA) is 106 Å². The number of hydrogen-bond donors (Lipinski definition) is 2. The van der Waals surface area contributed by atoms with E-state index in [-0.39, 0.29) is 11.0 Å². The molecule has 0 spiro atoms. The van der Waals surface area contributed by atoms with Gasteiger partial charge in [-0.1, -0.05) is 72.3 Å². The molecule has 8 nitrogen and oxygen atoms in total. The Hall–Kier alpha value is -5.60. The van der Waals surface area contributed by atoms with Gasteiger partial charge in [0.25, 0.3) is 5.56 Å². The first-order valence-corrected chi connectivity index (χ1v) is 14.4. The average Bonchev–Trinajstić information content (AvgIpc) is 3.07. The monoisotopic (exact) mass is 596 g/mol. The van der Waals surface area contributed by atoms with E-state index in [1.54, 1.807) is 23.2 Å². The number of nitrogens with one attached hydrogen (secondary N) is 2. The summed E-state index contributed by atoms with van der Waals surface area (Å²) in [5, 5.41) is 5.22. The molecule has 44 heavy (non-hydrogen) atoms. The van der Waals surface area contributed by atoms with Crippen LogP contribution in [0.1, 0.15) is 18.7 Å². The normalized spacial score (nSPS) is 12.0. The quantitative estimate of drug-likeness (QED) is 0.211. The van der Waals surface area contributed by atoms with Crippen molar-refractivity contribution in [3.05, 3.63) is 147 Å². The summed E-state index contributed by atoms with van der Waals surface area (Å²) in [4.78, 5) is 43.0. The van der Waals surface area contributed by atoms with E-state index < -0.39 is 6.04 Å². The summed E-state index contributed by atoms with van der Waals surface area (Å²) < 4.78 is 1.64. The van der Waals surface area contributed by atoms with Gasteiger partial charge in [0.05, 0.1) is 22.1 Å². The minimum absolute atomic E-state index is 0.210. The second-order valence-electron chi connectivity index (χ2n) is 10.4. The van der Waals surface area contributed by atoms with Gasteiger partial charge in [-0.15, -0.1) is 0 Å². The molecule has 4 heterocycles. The Kier molecular flexibility index (Phi) is 6.96. The molecule has 0 unspecified atom stereocenters. The lowest BCUT2D eigenvalue weighted by Crippen LogP contribution is -2.27. The van der Waals surface area contributed by atoms with Crippen LogP contribution >= 0.6 is 11.6 Å². The molecule has 0 aliphatic rings. The molecule has 214 valence electrons. The van der Waals surface area contributed by atoms with E-state index in [0.717, 1.165) is 22.3 Å². The van der Waals surface area contributed by atoms with Crippen LogP contribution in [0.4, 0.5) is 5.82 Å². The van der Waals surface area contributed by atoms with E-state index in [1.807, 2.05) is 91.9 Å². The molecule has 0 fully saturated rings. The van der Waals surface area contributed by atoms with Gasteiger partial charge in [0.15, 0.2) is 5.43 Å². The van der Waals surface area contributed by atoms with Gasteiger partial charge in [-0.05, 0) is 53.4 Å². The third-order valence-corrected chi connectivity index (χ3v) is 8.12. The third-order valence-electron chi connectivity index (χ3n) is 7.72. The maximum Gasteiger partial charge on any atom is 0.263 e. The number of para-hydroxylation sites is 1. The smallest absolute Gasteiger partial charge is 0.263 e. The SMILES string of the molecule is C[C@H](Nc1ncnc2[nH]ccc(=O)c12)c1c(Cl)c2cccc(-c3ccc(-c4ccncc4)cc3)c2c(=O)n1-c1ccccc1. The van der Waals surface area contributed by atoms with Gasteiger partial charge in [0, 0.05) is 35.7 Å². The number of anilines is 1. The van der Waals surface area contributed by atoms with Crippen molar-refractivity contribution < 1.29 is 0 Å². The number of rotatable bonds is 6. The zero-order chi connectivity index (χ0) is 30.2. The number of H-pyrrole nitrogens is 1. The van der Waals surface area contributed by atoms with Crippen LogP contribution in [0.2, 0.25) is 5.02 Å². The van der Waals surface area contributed by atoms with Gasteiger partial charge in [-0.3, -0.25) is 19.1 Å². The molecule has 0 saturated heterocycles. The Labute approximate surface area is 256 Å². The van der Waals surface area contributed by atoms with Crippen molar-refractivity contribution in [1.29, 1.82) is 0 Å². The maximum absolute atomic E-state index is 14.6. The number of aromatic nitrogens is 5. The minimum atomic E-state index is -0.527. The molecule has 0 radical (unpaired) electrons. The first-order valence-electron chi connectivity index (χ1n) is 14.0. The Morgan fingerprint density at radius 3 is 2.30 bits per heavy atom. The summed E-state index contributed by atoms with van der Waals surface area (Å²) >= 11 is 7.24. The molecule has 9 heteroatoms. The molecule has 0 aliphatic heterocycles. The summed E-state index contributed by atoms with van der Waals surface area (Å²) in [6.45, 7) is 1.89. The molecule has 0 aliphatic carbocycles. The van der Waals surface area contributed by atoms with Crippen molar-refractivity contribution >= 4 is 39.2 Å². The minimum Gasteiger partial charge on any atom is -0.361 e. The average molecular weight is 597 g/mol. The van der Waals surface area contributed by atoms with E-state index >= 15 is 0 Å². The Morgan fingerprint density at radius 1 is 0.795 bits per heavy atom. The first-order chi connectivity index (χ1) is 21.5. The van der Waals surface area contributed by atoms with Gasteiger partial charge in [0.1, 0.15) is 23.2 Å². The molecule has 4 aromatic heterocycles. The number of benzene rings is 3. The van der Waals surface area contributed by atoms with Crippen LogP contribution in [0, 0.1) is 0 Å².